The van der Waals surface area contributed by atoms with Gasteiger partial charge in [0.1, 0.15) is 5.60 Å². The molecule has 1 saturated heterocycles. The third-order valence-corrected chi connectivity index (χ3v) is 2.11. The van der Waals surface area contributed by atoms with Gasteiger partial charge in [-0.05, 0) is 20.8 Å². The fourth-order valence-electron chi connectivity index (χ4n) is 1.30. The molecule has 3 N–H and O–H groups in total. The second-order valence-electron chi connectivity index (χ2n) is 5.12. The second kappa shape index (κ2) is 5.87. The lowest BCUT2D eigenvalue weighted by atomic mass is 10.2. The summed E-state index contributed by atoms with van der Waals surface area (Å²) in [7, 11) is 0. The molecule has 1 fully saturated rings. The number of amides is 3. The quantitative estimate of drug-likeness (QED) is 0.524. The Kier molecular flexibility index (Phi) is 4.66. The molecule has 0 aromatic heterocycles. The minimum absolute atomic E-state index is 0.0269. The zero-order chi connectivity index (χ0) is 15.5. The molecular weight excluding hydrogens is 270 g/mol. The number of rotatable bonds is 3. The van der Waals surface area contributed by atoms with Crippen molar-refractivity contribution in [3.63, 3.8) is 0 Å². The van der Waals surface area contributed by atoms with Crippen molar-refractivity contribution in [1.29, 1.82) is 0 Å². The van der Waals surface area contributed by atoms with Gasteiger partial charge in [0.05, 0.1) is 0 Å². The summed E-state index contributed by atoms with van der Waals surface area (Å²) in [5, 5.41) is 2.38. The summed E-state index contributed by atoms with van der Waals surface area (Å²) < 4.78 is 4.89. The number of nitrogens with one attached hydrogen (secondary N) is 1. The SMILES string of the molecule is CC(C)(C)OC(=O)N[C@@H](N)C(=O)ON1C(=O)CCC1=O. The van der Waals surface area contributed by atoms with Gasteiger partial charge in [0.25, 0.3) is 11.8 Å². The van der Waals surface area contributed by atoms with Gasteiger partial charge in [-0.1, -0.05) is 0 Å². The third kappa shape index (κ3) is 4.50. The van der Waals surface area contributed by atoms with Crippen LogP contribution in [-0.4, -0.2) is 40.7 Å². The molecular formula is C11H17N3O6. The predicted molar refractivity (Wildman–Crippen MR) is 64.5 cm³/mol. The number of carbonyl (C=O) groups excluding carboxylic acids is 4. The van der Waals surface area contributed by atoms with Crippen molar-refractivity contribution in [1.82, 2.24) is 10.4 Å². The van der Waals surface area contributed by atoms with Gasteiger partial charge in [-0.3, -0.25) is 14.9 Å². The Morgan fingerprint density at radius 1 is 1.25 bits per heavy atom. The summed E-state index contributed by atoms with van der Waals surface area (Å²) in [5.74, 6) is -2.40. The molecule has 1 aliphatic rings. The molecule has 9 heteroatoms. The number of carbonyl (C=O) groups is 4. The van der Waals surface area contributed by atoms with Gasteiger partial charge in [0, 0.05) is 12.8 Å². The molecule has 0 radical (unpaired) electrons. The first kappa shape index (κ1) is 15.9. The molecule has 20 heavy (non-hydrogen) atoms. The van der Waals surface area contributed by atoms with E-state index in [1.807, 2.05) is 5.32 Å². The number of nitrogens with zero attached hydrogens (tertiary/aromatic N) is 1. The Balaban J connectivity index is 2.49. The number of hydroxylamine groups is 2. The molecule has 9 nitrogen and oxygen atoms in total. The van der Waals surface area contributed by atoms with Crippen molar-refractivity contribution in [2.75, 3.05) is 0 Å². The fourth-order valence-corrected chi connectivity index (χ4v) is 1.30. The summed E-state index contributed by atoms with van der Waals surface area (Å²) in [6.07, 6.45) is -2.52. The Morgan fingerprint density at radius 3 is 2.20 bits per heavy atom. The highest BCUT2D eigenvalue weighted by molar-refractivity contribution is 6.01. The predicted octanol–water partition coefficient (Wildman–Crippen LogP) is -0.597. The number of nitrogens with two attached hydrogens (primary N) is 1. The highest BCUT2D eigenvalue weighted by Gasteiger charge is 2.34. The molecule has 0 aliphatic carbocycles. The molecule has 112 valence electrons. The molecule has 0 spiro atoms. The largest absolute Gasteiger partial charge is 0.444 e. The van der Waals surface area contributed by atoms with E-state index in [-0.39, 0.29) is 12.8 Å². The maximum absolute atomic E-state index is 11.5. The van der Waals surface area contributed by atoms with Crippen molar-refractivity contribution in [2.45, 2.75) is 45.4 Å². The van der Waals surface area contributed by atoms with E-state index in [1.54, 1.807) is 20.8 Å². The fraction of sp³-hybridized carbons (Fsp3) is 0.636. The van der Waals surface area contributed by atoms with Crippen molar-refractivity contribution in [2.24, 2.45) is 5.73 Å². The maximum atomic E-state index is 11.5. The van der Waals surface area contributed by atoms with Crippen LogP contribution in [0.5, 0.6) is 0 Å². The molecule has 0 aromatic carbocycles. The molecule has 1 atom stereocenters. The minimum atomic E-state index is -1.55. The highest BCUT2D eigenvalue weighted by atomic mass is 16.7. The van der Waals surface area contributed by atoms with Crippen LogP contribution in [-0.2, 0) is 24.0 Å². The lowest BCUT2D eigenvalue weighted by Gasteiger charge is -2.21. The first-order valence-corrected chi connectivity index (χ1v) is 5.93. The van der Waals surface area contributed by atoms with Gasteiger partial charge in [0.15, 0.2) is 6.17 Å². The van der Waals surface area contributed by atoms with Crippen LogP contribution in [0.1, 0.15) is 33.6 Å². The lowest BCUT2D eigenvalue weighted by molar-refractivity contribution is -0.198. The van der Waals surface area contributed by atoms with Crippen LogP contribution in [0.4, 0.5) is 4.79 Å². The molecule has 1 heterocycles. The summed E-state index contributed by atoms with van der Waals surface area (Å²) in [4.78, 5) is 49.9. The average Bonchev–Trinajstić information content (AvgIpc) is 2.57. The van der Waals surface area contributed by atoms with E-state index >= 15 is 0 Å². The Bertz CT molecular complexity index is 426. The van der Waals surface area contributed by atoms with Crippen LogP contribution in [0.3, 0.4) is 0 Å². The smallest absolute Gasteiger partial charge is 0.409 e. The molecule has 3 amide bonds. The molecule has 1 rings (SSSR count). The van der Waals surface area contributed by atoms with Gasteiger partial charge in [-0.25, -0.2) is 9.59 Å². The van der Waals surface area contributed by atoms with Gasteiger partial charge in [-0.15, -0.1) is 5.06 Å². The highest BCUT2D eigenvalue weighted by Crippen LogP contribution is 2.12. The average molecular weight is 287 g/mol. The Hall–Kier alpha value is -2.16. The van der Waals surface area contributed by atoms with E-state index in [1.165, 1.54) is 0 Å². The standard InChI is InChI=1S/C11H17N3O6/c1-11(2,3)19-10(18)13-8(12)9(17)20-14-6(15)4-5-7(14)16/h8H,4-5,12H2,1-3H3,(H,13,18)/t8-/m1/s1. The van der Waals surface area contributed by atoms with E-state index in [2.05, 4.69) is 4.84 Å². The van der Waals surface area contributed by atoms with E-state index in [0.29, 0.717) is 5.06 Å². The van der Waals surface area contributed by atoms with Crippen molar-refractivity contribution < 1.29 is 28.8 Å². The molecule has 0 saturated carbocycles. The normalized spacial score (nSPS) is 16.9. The number of alkyl carbamates (subject to hydrolysis) is 1. The Labute approximate surface area is 115 Å². The maximum Gasteiger partial charge on any atom is 0.409 e. The first-order valence-electron chi connectivity index (χ1n) is 5.93. The van der Waals surface area contributed by atoms with Gasteiger partial charge < -0.3 is 15.3 Å². The van der Waals surface area contributed by atoms with Crippen LogP contribution in [0.2, 0.25) is 0 Å². The van der Waals surface area contributed by atoms with Crippen LogP contribution in [0.25, 0.3) is 0 Å². The van der Waals surface area contributed by atoms with Gasteiger partial charge in [0.2, 0.25) is 0 Å². The monoisotopic (exact) mass is 287 g/mol. The lowest BCUT2D eigenvalue weighted by Crippen LogP contribution is -2.51. The molecule has 0 aromatic rings. The van der Waals surface area contributed by atoms with Crippen molar-refractivity contribution >= 4 is 23.9 Å². The molecule has 1 aliphatic heterocycles. The third-order valence-electron chi connectivity index (χ3n) is 2.11. The van der Waals surface area contributed by atoms with Crippen LogP contribution < -0.4 is 11.1 Å². The minimum Gasteiger partial charge on any atom is -0.444 e. The van der Waals surface area contributed by atoms with E-state index in [4.69, 9.17) is 10.5 Å². The van der Waals surface area contributed by atoms with Crippen LogP contribution >= 0.6 is 0 Å². The van der Waals surface area contributed by atoms with Crippen LogP contribution in [0.15, 0.2) is 0 Å². The first-order chi connectivity index (χ1) is 9.10. The number of hydrogen-bond acceptors (Lipinski definition) is 7. The van der Waals surface area contributed by atoms with E-state index < -0.39 is 35.6 Å². The Morgan fingerprint density at radius 2 is 1.75 bits per heavy atom. The zero-order valence-corrected chi connectivity index (χ0v) is 11.5. The van der Waals surface area contributed by atoms with Crippen LogP contribution in [0, 0.1) is 0 Å². The molecule has 0 unspecified atom stereocenters. The summed E-state index contributed by atoms with van der Waals surface area (Å²) in [6, 6.07) is 0. The number of imide groups is 1. The molecule has 0 bridgehead atoms. The van der Waals surface area contributed by atoms with Gasteiger partial charge >= 0.3 is 12.1 Å². The van der Waals surface area contributed by atoms with E-state index in [0.717, 1.165) is 0 Å². The zero-order valence-electron chi connectivity index (χ0n) is 11.5. The van der Waals surface area contributed by atoms with Gasteiger partial charge in [-0.2, -0.15) is 0 Å². The number of hydrogen-bond donors (Lipinski definition) is 2. The van der Waals surface area contributed by atoms with Crippen molar-refractivity contribution in [3.05, 3.63) is 0 Å². The second-order valence-corrected chi connectivity index (χ2v) is 5.12. The topological polar surface area (TPSA) is 128 Å². The van der Waals surface area contributed by atoms with Crippen molar-refractivity contribution in [3.8, 4) is 0 Å². The number of ether oxygens (including phenoxy) is 1. The van der Waals surface area contributed by atoms with E-state index in [9.17, 15) is 19.2 Å². The summed E-state index contributed by atoms with van der Waals surface area (Å²) >= 11 is 0. The summed E-state index contributed by atoms with van der Waals surface area (Å²) in [6.45, 7) is 4.91. The summed E-state index contributed by atoms with van der Waals surface area (Å²) in [5.41, 5.74) is 4.61.